The smallest absolute Gasteiger partial charge is 0.266 e. The molecule has 7 nitrogen and oxygen atoms in total. The lowest BCUT2D eigenvalue weighted by molar-refractivity contribution is -0.114. The zero-order valence-electron chi connectivity index (χ0n) is 19.1. The first-order chi connectivity index (χ1) is 16.3. The Labute approximate surface area is 201 Å². The van der Waals surface area contributed by atoms with Gasteiger partial charge in [-0.25, -0.2) is 4.98 Å². The number of nitrogens with zero attached hydrogens (tertiary/aromatic N) is 2. The van der Waals surface area contributed by atoms with Gasteiger partial charge in [0.25, 0.3) is 5.56 Å². The highest BCUT2D eigenvalue weighted by Crippen LogP contribution is 2.23. The fourth-order valence-electron chi connectivity index (χ4n) is 3.47. The molecule has 0 atom stereocenters. The highest BCUT2D eigenvalue weighted by molar-refractivity contribution is 7.99. The van der Waals surface area contributed by atoms with Gasteiger partial charge >= 0.3 is 0 Å². The monoisotopic (exact) mass is 472 g/mol. The van der Waals surface area contributed by atoms with E-state index in [4.69, 9.17) is 0 Å². The van der Waals surface area contributed by atoms with E-state index in [2.05, 4.69) is 15.6 Å². The third kappa shape index (κ3) is 5.18. The van der Waals surface area contributed by atoms with Crippen LogP contribution >= 0.6 is 11.8 Å². The molecule has 1 aromatic heterocycles. The van der Waals surface area contributed by atoms with Crippen molar-refractivity contribution in [2.45, 2.75) is 25.9 Å². The molecular weight excluding hydrogens is 448 g/mol. The van der Waals surface area contributed by atoms with Crippen LogP contribution in [0.1, 0.15) is 18.1 Å². The number of carbonyl (C=O) groups excluding carboxylic acids is 2. The number of amides is 2. The number of rotatable bonds is 6. The topological polar surface area (TPSA) is 93.1 Å². The number of fused-ring (bicyclic) bond motifs is 1. The highest BCUT2D eigenvalue weighted by atomic mass is 32.2. The predicted octanol–water partition coefficient (Wildman–Crippen LogP) is 4.69. The van der Waals surface area contributed by atoms with Crippen molar-refractivity contribution in [1.82, 2.24) is 9.55 Å². The van der Waals surface area contributed by atoms with Gasteiger partial charge in [-0.05, 0) is 73.5 Å². The summed E-state index contributed by atoms with van der Waals surface area (Å²) in [6, 6.07) is 19.9. The largest absolute Gasteiger partial charge is 0.326 e. The molecule has 2 N–H and O–H groups in total. The van der Waals surface area contributed by atoms with E-state index in [-0.39, 0.29) is 23.1 Å². The van der Waals surface area contributed by atoms with Crippen LogP contribution in [-0.2, 0) is 9.59 Å². The molecule has 34 heavy (non-hydrogen) atoms. The van der Waals surface area contributed by atoms with Crippen LogP contribution in [0, 0.1) is 13.8 Å². The fourth-order valence-corrected chi connectivity index (χ4v) is 4.28. The van der Waals surface area contributed by atoms with Gasteiger partial charge < -0.3 is 10.6 Å². The average Bonchev–Trinajstić information content (AvgIpc) is 2.81. The van der Waals surface area contributed by atoms with Crippen molar-refractivity contribution in [3.63, 3.8) is 0 Å². The van der Waals surface area contributed by atoms with Crippen LogP contribution in [0.5, 0.6) is 0 Å². The molecule has 0 spiro atoms. The van der Waals surface area contributed by atoms with Crippen molar-refractivity contribution in [1.29, 1.82) is 0 Å². The van der Waals surface area contributed by atoms with Crippen LogP contribution in [0.25, 0.3) is 16.6 Å². The van der Waals surface area contributed by atoms with E-state index in [1.807, 2.05) is 44.2 Å². The number of aryl methyl sites for hydroxylation is 2. The van der Waals surface area contributed by atoms with Crippen LogP contribution in [0.2, 0.25) is 0 Å². The second kappa shape index (κ2) is 9.93. The number of anilines is 2. The van der Waals surface area contributed by atoms with Gasteiger partial charge in [0.15, 0.2) is 5.16 Å². The quantitative estimate of drug-likeness (QED) is 0.314. The lowest BCUT2D eigenvalue weighted by Gasteiger charge is -2.14. The number of hydrogen-bond donors (Lipinski definition) is 2. The van der Waals surface area contributed by atoms with Gasteiger partial charge in [-0.15, -0.1) is 0 Å². The minimum Gasteiger partial charge on any atom is -0.326 e. The van der Waals surface area contributed by atoms with Gasteiger partial charge in [0, 0.05) is 18.3 Å². The molecule has 0 unspecified atom stereocenters. The molecule has 0 radical (unpaired) electrons. The van der Waals surface area contributed by atoms with E-state index in [0.717, 1.165) is 11.1 Å². The Morgan fingerprint density at radius 2 is 1.59 bits per heavy atom. The summed E-state index contributed by atoms with van der Waals surface area (Å²) < 4.78 is 1.56. The van der Waals surface area contributed by atoms with Crippen LogP contribution in [0.15, 0.2) is 76.7 Å². The summed E-state index contributed by atoms with van der Waals surface area (Å²) in [4.78, 5) is 41.8. The van der Waals surface area contributed by atoms with Crippen molar-refractivity contribution in [3.8, 4) is 5.69 Å². The van der Waals surface area contributed by atoms with E-state index >= 15 is 0 Å². The van der Waals surface area contributed by atoms with Gasteiger partial charge in [0.05, 0.1) is 22.3 Å². The van der Waals surface area contributed by atoms with E-state index in [9.17, 15) is 14.4 Å². The first-order valence-corrected chi connectivity index (χ1v) is 11.7. The summed E-state index contributed by atoms with van der Waals surface area (Å²) in [5.41, 5.74) is 4.57. The number of thioether (sulfide) groups is 1. The van der Waals surface area contributed by atoms with E-state index < -0.39 is 0 Å². The maximum Gasteiger partial charge on any atom is 0.266 e. The Morgan fingerprint density at radius 3 is 2.26 bits per heavy atom. The predicted molar refractivity (Wildman–Crippen MR) is 137 cm³/mol. The molecule has 4 rings (SSSR count). The summed E-state index contributed by atoms with van der Waals surface area (Å²) in [5, 5.41) is 6.49. The summed E-state index contributed by atoms with van der Waals surface area (Å²) in [6.45, 7) is 5.45. The zero-order valence-corrected chi connectivity index (χ0v) is 19.9. The zero-order chi connectivity index (χ0) is 24.2. The molecule has 4 aromatic rings. The maximum atomic E-state index is 13.4. The number of carbonyl (C=O) groups is 2. The number of para-hydroxylation sites is 1. The van der Waals surface area contributed by atoms with Crippen molar-refractivity contribution in [2.24, 2.45) is 0 Å². The van der Waals surface area contributed by atoms with Gasteiger partial charge in [0.2, 0.25) is 11.8 Å². The molecule has 0 aliphatic heterocycles. The molecule has 0 bridgehead atoms. The van der Waals surface area contributed by atoms with Crippen molar-refractivity contribution < 1.29 is 9.59 Å². The molecule has 0 aliphatic carbocycles. The molecule has 0 saturated heterocycles. The fraction of sp³-hybridized carbons (Fsp3) is 0.154. The Balaban J connectivity index is 1.59. The average molecular weight is 473 g/mol. The van der Waals surface area contributed by atoms with Gasteiger partial charge in [0.1, 0.15) is 0 Å². The van der Waals surface area contributed by atoms with Crippen LogP contribution < -0.4 is 16.2 Å². The first-order valence-electron chi connectivity index (χ1n) is 10.7. The molecule has 2 amide bonds. The normalized spacial score (nSPS) is 10.8. The van der Waals surface area contributed by atoms with Crippen molar-refractivity contribution in [2.75, 3.05) is 16.4 Å². The third-order valence-electron chi connectivity index (χ3n) is 5.32. The van der Waals surface area contributed by atoms with E-state index in [0.29, 0.717) is 33.1 Å². The minimum absolute atomic E-state index is 0.0725. The van der Waals surface area contributed by atoms with Gasteiger partial charge in [-0.3, -0.25) is 19.0 Å². The SMILES string of the molecule is CC(=O)Nc1ccc(NC(=O)CSc2nc3ccccc3c(=O)n2-c2ccc(C)c(C)c2)cc1. The molecule has 8 heteroatoms. The Morgan fingerprint density at radius 1 is 0.912 bits per heavy atom. The lowest BCUT2D eigenvalue weighted by atomic mass is 10.1. The first kappa shape index (κ1) is 23.3. The van der Waals surface area contributed by atoms with Crippen LogP contribution in [0.4, 0.5) is 11.4 Å². The molecule has 0 saturated carbocycles. The maximum absolute atomic E-state index is 13.4. The Kier molecular flexibility index (Phi) is 6.79. The molecule has 3 aromatic carbocycles. The van der Waals surface area contributed by atoms with Gasteiger partial charge in [-0.1, -0.05) is 30.0 Å². The summed E-state index contributed by atoms with van der Waals surface area (Å²) in [5.74, 6) is -0.319. The molecule has 0 aliphatic rings. The van der Waals surface area contributed by atoms with E-state index in [1.165, 1.54) is 18.7 Å². The molecule has 0 fully saturated rings. The molecule has 172 valence electrons. The second-order valence-electron chi connectivity index (χ2n) is 7.92. The minimum atomic E-state index is -0.230. The van der Waals surface area contributed by atoms with Crippen molar-refractivity contribution >= 4 is 45.9 Å². The summed E-state index contributed by atoms with van der Waals surface area (Å²) in [7, 11) is 0. The van der Waals surface area contributed by atoms with E-state index in [1.54, 1.807) is 41.0 Å². The molecule has 1 heterocycles. The third-order valence-corrected chi connectivity index (χ3v) is 6.25. The Hall–Kier alpha value is -3.91. The summed E-state index contributed by atoms with van der Waals surface area (Å²) >= 11 is 1.20. The Bertz CT molecular complexity index is 1450. The van der Waals surface area contributed by atoms with Crippen molar-refractivity contribution in [3.05, 3.63) is 88.2 Å². The molecular formula is C26H24N4O3S. The van der Waals surface area contributed by atoms with Gasteiger partial charge in [-0.2, -0.15) is 0 Å². The highest BCUT2D eigenvalue weighted by Gasteiger charge is 2.15. The number of benzene rings is 3. The lowest BCUT2D eigenvalue weighted by Crippen LogP contribution is -2.23. The summed E-state index contributed by atoms with van der Waals surface area (Å²) in [6.07, 6.45) is 0. The number of aromatic nitrogens is 2. The number of hydrogen-bond acceptors (Lipinski definition) is 5. The van der Waals surface area contributed by atoms with Crippen LogP contribution in [-0.4, -0.2) is 27.1 Å². The second-order valence-corrected chi connectivity index (χ2v) is 8.86. The standard InChI is InChI=1S/C26H24N4O3S/c1-16-8-13-21(14-17(16)2)30-25(33)22-6-4-5-7-23(22)29-26(30)34-15-24(32)28-20-11-9-19(10-12-20)27-18(3)31/h4-14H,15H2,1-3H3,(H,27,31)(H,28,32). The van der Waals surface area contributed by atoms with Crippen LogP contribution in [0.3, 0.4) is 0 Å². The number of nitrogens with one attached hydrogen (secondary N) is 2.